The third-order valence-corrected chi connectivity index (χ3v) is 8.92. The molecule has 0 bridgehead atoms. The molecule has 0 radical (unpaired) electrons. The van der Waals surface area contributed by atoms with Gasteiger partial charge >= 0.3 is 0 Å². The zero-order valence-electron chi connectivity index (χ0n) is 24.5. The Hall–Kier alpha value is -2.97. The first kappa shape index (κ1) is 29.1. The van der Waals surface area contributed by atoms with E-state index in [4.69, 9.17) is 30.5 Å². The van der Waals surface area contributed by atoms with Crippen LogP contribution in [0.15, 0.2) is 66.7 Å². The van der Waals surface area contributed by atoms with Crippen LogP contribution in [0.25, 0.3) is 0 Å². The molecule has 0 aromatic heterocycles. The Morgan fingerprint density at radius 2 is 1.88 bits per heavy atom. The van der Waals surface area contributed by atoms with E-state index in [2.05, 4.69) is 63.6 Å². The molecule has 3 aliphatic rings. The first-order chi connectivity index (χ1) is 20.7. The van der Waals surface area contributed by atoms with Gasteiger partial charge in [-0.2, -0.15) is 0 Å². The molecule has 3 aromatic rings. The molecule has 0 spiro atoms. The minimum atomic E-state index is 0.106. The number of hydrogen-bond acceptors (Lipinski definition) is 7. The number of benzene rings is 3. The van der Waals surface area contributed by atoms with Crippen molar-refractivity contribution < 1.29 is 18.9 Å². The molecule has 0 aliphatic carbocycles. The summed E-state index contributed by atoms with van der Waals surface area (Å²) in [6.45, 7) is 7.55. The summed E-state index contributed by atoms with van der Waals surface area (Å²) >= 11 is 6.42. The van der Waals surface area contributed by atoms with Gasteiger partial charge in [-0.3, -0.25) is 0 Å². The Kier molecular flexibility index (Phi) is 9.71. The zero-order chi connectivity index (χ0) is 28.7. The minimum Gasteiger partial charge on any atom is -0.490 e. The highest BCUT2D eigenvalue weighted by atomic mass is 35.5. The van der Waals surface area contributed by atoms with Gasteiger partial charge in [-0.05, 0) is 66.9 Å². The number of rotatable bonds is 11. The summed E-state index contributed by atoms with van der Waals surface area (Å²) in [6.07, 6.45) is 3.29. The summed E-state index contributed by atoms with van der Waals surface area (Å²) in [4.78, 5) is 4.71. The fourth-order valence-electron chi connectivity index (χ4n) is 6.37. The van der Waals surface area contributed by atoms with E-state index in [0.29, 0.717) is 12.5 Å². The maximum absolute atomic E-state index is 6.57. The summed E-state index contributed by atoms with van der Waals surface area (Å²) in [5, 5.41) is 4.33. The SMILES string of the molecule is COCCCN1CCOc2ccc(CO[C@H]3CNCC[C@@H]3c3ccc(O[C@H]4CCN(c5ccccc5Cl)C4)cc3)cc21. The number of nitrogens with zero attached hydrogens (tertiary/aromatic N) is 2. The van der Waals surface area contributed by atoms with E-state index in [9.17, 15) is 0 Å². The van der Waals surface area contributed by atoms with Gasteiger partial charge in [0.05, 0.1) is 42.2 Å². The highest BCUT2D eigenvalue weighted by Crippen LogP contribution is 2.35. The van der Waals surface area contributed by atoms with E-state index in [1.165, 1.54) is 11.1 Å². The van der Waals surface area contributed by atoms with Crippen molar-refractivity contribution in [2.75, 3.05) is 69.4 Å². The van der Waals surface area contributed by atoms with Crippen LogP contribution in [0, 0.1) is 0 Å². The molecule has 8 heteroatoms. The molecule has 0 saturated carbocycles. The summed E-state index contributed by atoms with van der Waals surface area (Å²) in [5.74, 6) is 2.22. The molecule has 42 heavy (non-hydrogen) atoms. The quantitative estimate of drug-likeness (QED) is 0.279. The van der Waals surface area contributed by atoms with Crippen LogP contribution in [-0.4, -0.2) is 71.8 Å². The molecule has 2 saturated heterocycles. The van der Waals surface area contributed by atoms with Crippen LogP contribution in [0.5, 0.6) is 11.5 Å². The van der Waals surface area contributed by atoms with Gasteiger partial charge in [0.1, 0.15) is 24.2 Å². The van der Waals surface area contributed by atoms with Crippen LogP contribution >= 0.6 is 11.6 Å². The summed E-state index contributed by atoms with van der Waals surface area (Å²) < 4.78 is 24.1. The normalized spacial score (nSPS) is 22.1. The predicted octanol–water partition coefficient (Wildman–Crippen LogP) is 5.90. The third kappa shape index (κ3) is 6.97. The summed E-state index contributed by atoms with van der Waals surface area (Å²) in [5.41, 5.74) is 4.72. The second kappa shape index (κ2) is 14.0. The molecule has 0 amide bonds. The van der Waals surface area contributed by atoms with E-state index < -0.39 is 0 Å². The summed E-state index contributed by atoms with van der Waals surface area (Å²) in [6, 6.07) is 23.2. The lowest BCUT2D eigenvalue weighted by Crippen LogP contribution is -2.41. The molecular weight excluding hydrogens is 550 g/mol. The molecule has 0 unspecified atom stereocenters. The number of anilines is 2. The second-order valence-electron chi connectivity index (χ2n) is 11.4. The lowest BCUT2D eigenvalue weighted by molar-refractivity contribution is 0.0106. The van der Waals surface area contributed by atoms with Gasteiger partial charge in [0, 0.05) is 45.7 Å². The van der Waals surface area contributed by atoms with Crippen molar-refractivity contribution in [1.82, 2.24) is 5.32 Å². The maximum Gasteiger partial charge on any atom is 0.142 e. The number of fused-ring (bicyclic) bond motifs is 1. The topological polar surface area (TPSA) is 55.4 Å². The van der Waals surface area contributed by atoms with Crippen LogP contribution in [0.1, 0.15) is 36.3 Å². The van der Waals surface area contributed by atoms with Crippen LogP contribution in [0.3, 0.4) is 0 Å². The molecule has 3 aromatic carbocycles. The summed E-state index contributed by atoms with van der Waals surface area (Å²) in [7, 11) is 1.76. The first-order valence-electron chi connectivity index (χ1n) is 15.3. The van der Waals surface area contributed by atoms with Crippen molar-refractivity contribution in [3.8, 4) is 11.5 Å². The molecule has 3 atom stereocenters. The molecule has 1 N–H and O–H groups in total. The van der Waals surface area contributed by atoms with Gasteiger partial charge in [0.15, 0.2) is 0 Å². The highest BCUT2D eigenvalue weighted by molar-refractivity contribution is 6.33. The van der Waals surface area contributed by atoms with Gasteiger partial charge in [0.25, 0.3) is 0 Å². The first-order valence-corrected chi connectivity index (χ1v) is 15.6. The molecule has 2 fully saturated rings. The molecule has 224 valence electrons. The number of ether oxygens (including phenoxy) is 4. The average molecular weight is 592 g/mol. The maximum atomic E-state index is 6.57. The Bertz CT molecular complexity index is 1310. The molecule has 3 heterocycles. The highest BCUT2D eigenvalue weighted by Gasteiger charge is 2.29. The number of hydrogen-bond donors (Lipinski definition) is 1. The molecule has 6 rings (SSSR count). The van der Waals surface area contributed by atoms with Crippen molar-refractivity contribution in [1.29, 1.82) is 0 Å². The van der Waals surface area contributed by atoms with Crippen LogP contribution < -0.4 is 24.6 Å². The predicted molar refractivity (Wildman–Crippen MR) is 169 cm³/mol. The van der Waals surface area contributed by atoms with Crippen LogP contribution in [0.2, 0.25) is 5.02 Å². The standard InChI is InChI=1S/C34H42ClN3O4/c1-39-19-4-16-37-18-20-40-33-12-7-25(21-32(33)37)24-41-34-22-36-15-13-29(34)26-8-10-27(11-9-26)42-28-14-17-38(23-28)31-6-3-2-5-30(31)35/h2-3,5-12,21,28-29,34,36H,4,13-20,22-24H2,1H3/t28-,29+,34-/m0/s1. The van der Waals surface area contributed by atoms with Crippen molar-refractivity contribution >= 4 is 23.0 Å². The van der Waals surface area contributed by atoms with Crippen LogP contribution in [0.4, 0.5) is 11.4 Å². The largest absolute Gasteiger partial charge is 0.490 e. The van der Waals surface area contributed by atoms with Crippen molar-refractivity contribution in [3.05, 3.63) is 82.9 Å². The van der Waals surface area contributed by atoms with E-state index in [0.717, 1.165) is 99.6 Å². The Morgan fingerprint density at radius 3 is 2.74 bits per heavy atom. The van der Waals surface area contributed by atoms with E-state index in [-0.39, 0.29) is 12.2 Å². The number of methoxy groups -OCH3 is 1. The van der Waals surface area contributed by atoms with Gasteiger partial charge in [-0.1, -0.05) is 41.9 Å². The lowest BCUT2D eigenvalue weighted by atomic mass is 9.87. The molecule has 7 nitrogen and oxygen atoms in total. The van der Waals surface area contributed by atoms with Crippen molar-refractivity contribution in [2.45, 2.75) is 44.0 Å². The van der Waals surface area contributed by atoms with Gasteiger partial charge in [-0.25, -0.2) is 0 Å². The van der Waals surface area contributed by atoms with E-state index in [1.807, 2.05) is 18.2 Å². The average Bonchev–Trinajstić information content (AvgIpc) is 3.49. The van der Waals surface area contributed by atoms with Crippen molar-refractivity contribution in [3.63, 3.8) is 0 Å². The fourth-order valence-corrected chi connectivity index (χ4v) is 6.62. The zero-order valence-corrected chi connectivity index (χ0v) is 25.2. The molecule has 3 aliphatic heterocycles. The Balaban J connectivity index is 1.05. The Labute approximate surface area is 254 Å². The lowest BCUT2D eigenvalue weighted by Gasteiger charge is -2.33. The number of halogens is 1. The number of para-hydroxylation sites is 1. The van der Waals surface area contributed by atoms with Gasteiger partial charge in [-0.15, -0.1) is 0 Å². The number of piperidine rings is 1. The fraction of sp³-hybridized carbons (Fsp3) is 0.471. The smallest absolute Gasteiger partial charge is 0.142 e. The van der Waals surface area contributed by atoms with Gasteiger partial charge < -0.3 is 34.1 Å². The van der Waals surface area contributed by atoms with E-state index >= 15 is 0 Å². The number of nitrogens with one attached hydrogen (secondary N) is 1. The van der Waals surface area contributed by atoms with Crippen molar-refractivity contribution in [2.24, 2.45) is 0 Å². The molecular formula is C34H42ClN3O4. The minimum absolute atomic E-state index is 0.106. The third-order valence-electron chi connectivity index (χ3n) is 8.60. The van der Waals surface area contributed by atoms with Gasteiger partial charge in [0.2, 0.25) is 0 Å². The monoisotopic (exact) mass is 591 g/mol. The van der Waals surface area contributed by atoms with Crippen LogP contribution in [-0.2, 0) is 16.1 Å². The Morgan fingerprint density at radius 1 is 1.00 bits per heavy atom. The second-order valence-corrected chi connectivity index (χ2v) is 11.8. The van der Waals surface area contributed by atoms with E-state index in [1.54, 1.807) is 7.11 Å².